The van der Waals surface area contributed by atoms with Crippen LogP contribution in [0, 0.1) is 0 Å². The van der Waals surface area contributed by atoms with Gasteiger partial charge in [0.2, 0.25) is 6.35 Å². The molecule has 0 spiro atoms. The van der Waals surface area contributed by atoms with E-state index in [1.54, 1.807) is 0 Å². The van der Waals surface area contributed by atoms with Crippen molar-refractivity contribution in [2.24, 2.45) is 0 Å². The first-order chi connectivity index (χ1) is 5.27. The second-order valence-electron chi connectivity index (χ2n) is 2.15. The minimum absolute atomic E-state index is 0.343. The van der Waals surface area contributed by atoms with Crippen LogP contribution in [0.15, 0.2) is 6.33 Å². The lowest BCUT2D eigenvalue weighted by atomic mass is 10.3. The molecule has 0 aromatic carbocycles. The maximum absolute atomic E-state index is 11.0. The largest absolute Gasteiger partial charge is 0.356 e. The Balaban J connectivity index is 2.44. The van der Waals surface area contributed by atoms with Gasteiger partial charge in [-0.2, -0.15) is 0 Å². The number of hydrogen-bond donors (Lipinski definition) is 4. The maximum atomic E-state index is 11.0. The number of nitrogens with zero attached hydrogens (tertiary/aromatic N) is 1. The fourth-order valence-corrected chi connectivity index (χ4v) is 0.939. The number of hydrogen-bond acceptors (Lipinski definition) is 4. The van der Waals surface area contributed by atoms with Gasteiger partial charge in [0, 0.05) is 0 Å². The number of carbonyl (C=O) groups excluding carboxylic acids is 1. The van der Waals surface area contributed by atoms with Gasteiger partial charge in [0.15, 0.2) is 5.82 Å². The number of rotatable bonds is 0. The molecule has 1 amide bonds. The first kappa shape index (κ1) is 6.17. The van der Waals surface area contributed by atoms with Crippen molar-refractivity contribution >= 4 is 11.7 Å². The third-order valence-electron chi connectivity index (χ3n) is 1.41. The summed E-state index contributed by atoms with van der Waals surface area (Å²) in [7, 11) is 0. The Labute approximate surface area is 61.6 Å². The van der Waals surface area contributed by atoms with E-state index < -0.39 is 6.35 Å². The zero-order chi connectivity index (χ0) is 7.84. The van der Waals surface area contributed by atoms with Crippen molar-refractivity contribution < 1.29 is 9.90 Å². The molecule has 1 aromatic heterocycles. The summed E-state index contributed by atoms with van der Waals surface area (Å²) >= 11 is 0. The Kier molecular flexibility index (Phi) is 1.10. The Hall–Kier alpha value is -1.56. The Bertz CT molecular complexity index is 294. The number of anilines is 1. The van der Waals surface area contributed by atoms with Crippen LogP contribution in [0.2, 0.25) is 0 Å². The zero-order valence-electron chi connectivity index (χ0n) is 5.46. The van der Waals surface area contributed by atoms with E-state index in [1.807, 2.05) is 0 Å². The molecular formula is C5H6N4O2. The molecule has 6 heteroatoms. The van der Waals surface area contributed by atoms with Gasteiger partial charge >= 0.3 is 0 Å². The first-order valence-corrected chi connectivity index (χ1v) is 3.06. The van der Waals surface area contributed by atoms with Gasteiger partial charge < -0.3 is 20.7 Å². The number of aromatic nitrogens is 2. The summed E-state index contributed by atoms with van der Waals surface area (Å²) in [6.07, 6.45) is 0.341. The molecule has 2 rings (SSSR count). The molecule has 2 heterocycles. The van der Waals surface area contributed by atoms with Crippen molar-refractivity contribution in [1.82, 2.24) is 15.3 Å². The second-order valence-corrected chi connectivity index (χ2v) is 2.15. The van der Waals surface area contributed by atoms with Crippen molar-refractivity contribution in [2.45, 2.75) is 6.35 Å². The van der Waals surface area contributed by atoms with Gasteiger partial charge in [-0.25, -0.2) is 4.98 Å². The van der Waals surface area contributed by atoms with E-state index in [4.69, 9.17) is 5.11 Å². The van der Waals surface area contributed by atoms with Crippen molar-refractivity contribution in [3.05, 3.63) is 12.0 Å². The first-order valence-electron chi connectivity index (χ1n) is 3.06. The molecule has 1 aromatic rings. The molecule has 6 nitrogen and oxygen atoms in total. The summed E-state index contributed by atoms with van der Waals surface area (Å²) in [6, 6.07) is 0. The van der Waals surface area contributed by atoms with Crippen molar-refractivity contribution in [2.75, 3.05) is 5.32 Å². The van der Waals surface area contributed by atoms with Crippen LogP contribution in [-0.4, -0.2) is 27.3 Å². The summed E-state index contributed by atoms with van der Waals surface area (Å²) in [5, 5.41) is 13.8. The van der Waals surface area contributed by atoms with Crippen molar-refractivity contribution in [3.8, 4) is 0 Å². The third kappa shape index (κ3) is 0.838. The summed E-state index contributed by atoms with van der Waals surface area (Å²) in [5.41, 5.74) is 0.343. The smallest absolute Gasteiger partial charge is 0.274 e. The molecule has 0 fully saturated rings. The molecule has 11 heavy (non-hydrogen) atoms. The SMILES string of the molecule is O=C1N[C@@H](O)Nc2nc[nH]c21. The highest BCUT2D eigenvalue weighted by atomic mass is 16.3. The van der Waals surface area contributed by atoms with Gasteiger partial charge in [-0.15, -0.1) is 0 Å². The van der Waals surface area contributed by atoms with Crippen molar-refractivity contribution in [1.29, 1.82) is 0 Å². The Morgan fingerprint density at radius 3 is 3.18 bits per heavy atom. The molecule has 1 aliphatic heterocycles. The highest BCUT2D eigenvalue weighted by Gasteiger charge is 2.23. The fraction of sp³-hybridized carbons (Fsp3) is 0.200. The molecular weight excluding hydrogens is 148 g/mol. The van der Waals surface area contributed by atoms with Gasteiger partial charge in [-0.3, -0.25) is 4.79 Å². The number of imidazole rings is 1. The molecule has 0 saturated heterocycles. The number of H-pyrrole nitrogens is 1. The monoisotopic (exact) mass is 154 g/mol. The zero-order valence-corrected chi connectivity index (χ0v) is 5.46. The lowest BCUT2D eigenvalue weighted by Gasteiger charge is -2.19. The Morgan fingerprint density at radius 1 is 1.55 bits per heavy atom. The molecule has 0 radical (unpaired) electrons. The van der Waals surface area contributed by atoms with E-state index in [1.165, 1.54) is 6.33 Å². The van der Waals surface area contributed by atoms with Crippen LogP contribution in [0.25, 0.3) is 0 Å². The molecule has 58 valence electrons. The number of amides is 1. The number of nitrogens with one attached hydrogen (secondary N) is 3. The van der Waals surface area contributed by atoms with E-state index in [9.17, 15) is 4.79 Å². The predicted molar refractivity (Wildman–Crippen MR) is 35.7 cm³/mol. The van der Waals surface area contributed by atoms with E-state index in [-0.39, 0.29) is 5.91 Å². The van der Waals surface area contributed by atoms with Gasteiger partial charge in [0.25, 0.3) is 5.91 Å². The fourth-order valence-electron chi connectivity index (χ4n) is 0.939. The number of aromatic amines is 1. The molecule has 0 aliphatic carbocycles. The third-order valence-corrected chi connectivity index (χ3v) is 1.41. The van der Waals surface area contributed by atoms with Crippen LogP contribution in [0.3, 0.4) is 0 Å². The van der Waals surface area contributed by atoms with E-state index >= 15 is 0 Å². The summed E-state index contributed by atoms with van der Waals surface area (Å²) in [6.45, 7) is 0. The van der Waals surface area contributed by atoms with Crippen molar-refractivity contribution in [3.63, 3.8) is 0 Å². The molecule has 4 N–H and O–H groups in total. The van der Waals surface area contributed by atoms with E-state index in [0.29, 0.717) is 11.5 Å². The Morgan fingerprint density at radius 2 is 2.36 bits per heavy atom. The molecule has 1 atom stereocenters. The van der Waals surface area contributed by atoms with Crippen LogP contribution < -0.4 is 10.6 Å². The van der Waals surface area contributed by atoms with Gasteiger partial charge in [0.1, 0.15) is 5.69 Å². The normalized spacial score (nSPS) is 21.9. The highest BCUT2D eigenvalue weighted by molar-refractivity contribution is 5.98. The van der Waals surface area contributed by atoms with Gasteiger partial charge in [-0.05, 0) is 0 Å². The topological polar surface area (TPSA) is 90.0 Å². The minimum Gasteiger partial charge on any atom is -0.356 e. The minimum atomic E-state index is -1.04. The average Bonchev–Trinajstić information content (AvgIpc) is 2.34. The van der Waals surface area contributed by atoms with Crippen LogP contribution in [0.1, 0.15) is 10.5 Å². The van der Waals surface area contributed by atoms with Crippen LogP contribution >= 0.6 is 0 Å². The summed E-state index contributed by atoms with van der Waals surface area (Å²) < 4.78 is 0. The van der Waals surface area contributed by atoms with Gasteiger partial charge in [-0.1, -0.05) is 0 Å². The molecule has 0 unspecified atom stereocenters. The van der Waals surface area contributed by atoms with Gasteiger partial charge in [0.05, 0.1) is 6.33 Å². The molecule has 0 saturated carbocycles. The van der Waals surface area contributed by atoms with Crippen LogP contribution in [0.4, 0.5) is 5.82 Å². The molecule has 0 bridgehead atoms. The summed E-state index contributed by atoms with van der Waals surface area (Å²) in [4.78, 5) is 17.4. The molecule has 1 aliphatic rings. The summed E-state index contributed by atoms with van der Waals surface area (Å²) in [5.74, 6) is 0.0185. The number of aliphatic hydroxyl groups excluding tert-OH is 1. The van der Waals surface area contributed by atoms with E-state index in [0.717, 1.165) is 0 Å². The lowest BCUT2D eigenvalue weighted by molar-refractivity contribution is 0.0808. The number of fused-ring (bicyclic) bond motifs is 1. The maximum Gasteiger partial charge on any atom is 0.274 e. The average molecular weight is 154 g/mol. The number of carbonyl (C=O) groups is 1. The second kappa shape index (κ2) is 1.96. The quantitative estimate of drug-likeness (QED) is 0.379. The number of aliphatic hydroxyl groups is 1. The van der Waals surface area contributed by atoms with E-state index in [2.05, 4.69) is 20.6 Å². The standard InChI is InChI=1S/C5H6N4O2/c10-4-2-3(7-1-6-2)8-5(11)9-4/h1,5,8,11H,(H,6,7)(H,9,10)/t5-/m0/s1. The predicted octanol–water partition coefficient (Wildman–Crippen LogP) is -1.16. The van der Waals surface area contributed by atoms with Crippen LogP contribution in [0.5, 0.6) is 0 Å². The van der Waals surface area contributed by atoms with Crippen LogP contribution in [-0.2, 0) is 0 Å². The highest BCUT2D eigenvalue weighted by Crippen LogP contribution is 2.12. The lowest BCUT2D eigenvalue weighted by Crippen LogP contribution is -2.44.